The van der Waals surface area contributed by atoms with Crippen molar-refractivity contribution in [2.75, 3.05) is 39.2 Å². The van der Waals surface area contributed by atoms with Crippen molar-refractivity contribution in [2.24, 2.45) is 0 Å². The summed E-state index contributed by atoms with van der Waals surface area (Å²) in [5.41, 5.74) is -0.881. The van der Waals surface area contributed by atoms with Gasteiger partial charge >= 0.3 is 6.09 Å². The van der Waals surface area contributed by atoms with Gasteiger partial charge in [-0.25, -0.2) is 22.4 Å². The average molecular weight is 591 g/mol. The first-order valence-electron chi connectivity index (χ1n) is 13.2. The second-order valence-electron chi connectivity index (χ2n) is 10.1. The third kappa shape index (κ3) is 4.42. The summed E-state index contributed by atoms with van der Waals surface area (Å²) < 4.78 is 46.0. The van der Waals surface area contributed by atoms with Crippen molar-refractivity contribution < 1.29 is 32.2 Å². The van der Waals surface area contributed by atoms with Crippen LogP contribution in [-0.2, 0) is 25.1 Å². The molecule has 2 aliphatic rings. The van der Waals surface area contributed by atoms with Gasteiger partial charge in [-0.1, -0.05) is 18.2 Å². The van der Waals surface area contributed by atoms with Crippen LogP contribution in [0.3, 0.4) is 0 Å². The van der Waals surface area contributed by atoms with Crippen LogP contribution in [0, 0.1) is 11.3 Å². The van der Waals surface area contributed by atoms with E-state index >= 15 is 4.79 Å². The number of methoxy groups -OCH3 is 2. The number of anilines is 1. The molecule has 3 aromatic carbocycles. The molecule has 0 aliphatic carbocycles. The lowest BCUT2D eigenvalue weighted by atomic mass is 9.81. The minimum atomic E-state index is -4.47. The number of fused-ring (bicyclic) bond motifs is 1. The monoisotopic (exact) mass is 590 g/mol. The number of nitriles is 1. The van der Waals surface area contributed by atoms with Crippen molar-refractivity contribution in [3.8, 4) is 17.6 Å². The Bertz CT molecular complexity index is 1680. The van der Waals surface area contributed by atoms with Crippen molar-refractivity contribution in [1.82, 2.24) is 9.80 Å². The number of ether oxygens (including phenoxy) is 3. The fourth-order valence-corrected chi connectivity index (χ4v) is 7.10. The quantitative estimate of drug-likeness (QED) is 0.405. The van der Waals surface area contributed by atoms with Gasteiger partial charge in [-0.05, 0) is 61.4 Å². The zero-order valence-corrected chi connectivity index (χ0v) is 24.4. The topological polar surface area (TPSA) is 129 Å². The molecule has 5 rings (SSSR count). The third-order valence-corrected chi connectivity index (χ3v) is 9.26. The second-order valence-corrected chi connectivity index (χ2v) is 11.9. The lowest BCUT2D eigenvalue weighted by Gasteiger charge is -2.41. The summed E-state index contributed by atoms with van der Waals surface area (Å²) in [7, 11) is 1.56. The molecule has 0 N–H and O–H groups in total. The van der Waals surface area contributed by atoms with Crippen LogP contribution in [0.4, 0.5) is 10.5 Å². The van der Waals surface area contributed by atoms with Crippen LogP contribution >= 0.6 is 0 Å². The number of hydrogen-bond acceptors (Lipinski definition) is 9. The summed E-state index contributed by atoms with van der Waals surface area (Å²) in [5, 5.41) is 9.84. The summed E-state index contributed by atoms with van der Waals surface area (Å²) in [4.78, 5) is 30.6. The Morgan fingerprint density at radius 3 is 2.38 bits per heavy atom. The highest BCUT2D eigenvalue weighted by molar-refractivity contribution is 7.93. The van der Waals surface area contributed by atoms with Crippen molar-refractivity contribution in [1.29, 1.82) is 5.26 Å². The van der Waals surface area contributed by atoms with E-state index in [9.17, 15) is 18.5 Å². The largest absolute Gasteiger partial charge is 0.497 e. The molecule has 2 aliphatic heterocycles. The van der Waals surface area contributed by atoms with Gasteiger partial charge in [0.15, 0.2) is 11.8 Å². The van der Waals surface area contributed by atoms with Gasteiger partial charge in [0.1, 0.15) is 11.5 Å². The Balaban J connectivity index is 1.82. The third-order valence-electron chi connectivity index (χ3n) is 7.55. The molecule has 3 aromatic rings. The molecule has 1 saturated heterocycles. The predicted molar refractivity (Wildman–Crippen MR) is 152 cm³/mol. The number of likely N-dealkylation sites (tertiary alicyclic amines) is 1. The summed E-state index contributed by atoms with van der Waals surface area (Å²) in [5.74, 6) is -0.0279. The van der Waals surface area contributed by atoms with Crippen molar-refractivity contribution >= 4 is 27.7 Å². The van der Waals surface area contributed by atoms with E-state index in [1.807, 2.05) is 0 Å². The van der Waals surface area contributed by atoms with Gasteiger partial charge in [-0.3, -0.25) is 4.79 Å². The zero-order valence-electron chi connectivity index (χ0n) is 23.6. The Hall–Kier alpha value is -4.60. The van der Waals surface area contributed by atoms with Crippen molar-refractivity contribution in [3.63, 3.8) is 0 Å². The summed E-state index contributed by atoms with van der Waals surface area (Å²) >= 11 is 0. The number of carbonyl (C=O) groups excluding carboxylic acids is 2. The fourth-order valence-electron chi connectivity index (χ4n) is 5.64. The zero-order chi connectivity index (χ0) is 30.2. The van der Waals surface area contributed by atoms with Crippen LogP contribution in [-0.4, -0.2) is 71.3 Å². The number of nitrogens with zero attached hydrogens (tertiary/aromatic N) is 4. The molecule has 2 heterocycles. The molecule has 1 fully saturated rings. The maximum Gasteiger partial charge on any atom is 0.410 e. The molecular weight excluding hydrogens is 560 g/mol. The molecule has 0 radical (unpaired) electrons. The maximum absolute atomic E-state index is 15.0. The SMILES string of the molecule is COc1ccc(S(=O)(=O)N2C(=O)C(c3ccccc3OC)(N3CCC[C@@H]3OC(=O)N(C)C)c3cc(C#N)ccc32)cc1. The molecule has 0 aromatic heterocycles. The van der Waals surface area contributed by atoms with E-state index in [0.717, 1.165) is 4.31 Å². The minimum Gasteiger partial charge on any atom is -0.497 e. The molecule has 2 atom stereocenters. The molecule has 12 heteroatoms. The van der Waals surface area contributed by atoms with Gasteiger partial charge < -0.3 is 19.1 Å². The minimum absolute atomic E-state index is 0.0883. The predicted octanol–water partition coefficient (Wildman–Crippen LogP) is 3.67. The van der Waals surface area contributed by atoms with Crippen LogP contribution in [0.15, 0.2) is 71.6 Å². The van der Waals surface area contributed by atoms with E-state index in [-0.39, 0.29) is 21.7 Å². The molecule has 11 nitrogen and oxygen atoms in total. The lowest BCUT2D eigenvalue weighted by Crippen LogP contribution is -2.57. The van der Waals surface area contributed by atoms with E-state index in [0.29, 0.717) is 36.4 Å². The molecule has 0 bridgehead atoms. The summed E-state index contributed by atoms with van der Waals surface area (Å²) in [6, 6.07) is 19.1. The molecule has 218 valence electrons. The molecule has 1 unspecified atom stereocenters. The van der Waals surface area contributed by atoms with Gasteiger partial charge in [0.05, 0.1) is 36.4 Å². The van der Waals surface area contributed by atoms with Crippen LogP contribution in [0.2, 0.25) is 0 Å². The van der Waals surface area contributed by atoms with Crippen LogP contribution in [0.5, 0.6) is 11.5 Å². The summed E-state index contributed by atoms with van der Waals surface area (Å²) in [6.07, 6.45) is -0.520. The van der Waals surface area contributed by atoms with Crippen LogP contribution < -0.4 is 13.8 Å². The lowest BCUT2D eigenvalue weighted by molar-refractivity contribution is -0.132. The highest BCUT2D eigenvalue weighted by atomic mass is 32.2. The first-order chi connectivity index (χ1) is 20.1. The summed E-state index contributed by atoms with van der Waals surface area (Å²) in [6.45, 7) is 0.293. The van der Waals surface area contributed by atoms with Gasteiger partial charge in [-0.15, -0.1) is 0 Å². The van der Waals surface area contributed by atoms with Gasteiger partial charge in [0.2, 0.25) is 0 Å². The van der Waals surface area contributed by atoms with E-state index in [2.05, 4.69) is 6.07 Å². The molecule has 2 amide bonds. The number of sulfonamides is 1. The van der Waals surface area contributed by atoms with Gasteiger partial charge in [-0.2, -0.15) is 5.26 Å². The first kappa shape index (κ1) is 28.9. The maximum atomic E-state index is 15.0. The van der Waals surface area contributed by atoms with E-state index in [4.69, 9.17) is 14.2 Å². The number of benzene rings is 3. The number of amides is 2. The smallest absolute Gasteiger partial charge is 0.410 e. The highest BCUT2D eigenvalue weighted by Gasteiger charge is 2.62. The van der Waals surface area contributed by atoms with E-state index in [1.54, 1.807) is 43.3 Å². The number of para-hydroxylation sites is 1. The number of hydrogen-bond donors (Lipinski definition) is 0. The second kappa shape index (κ2) is 11.0. The Labute approximate surface area is 244 Å². The fraction of sp³-hybridized carbons (Fsp3) is 0.300. The average Bonchev–Trinajstić information content (AvgIpc) is 3.56. The molecular formula is C30H30N4O7S. The van der Waals surface area contributed by atoms with E-state index < -0.39 is 33.8 Å². The van der Waals surface area contributed by atoms with E-state index in [1.165, 1.54) is 61.6 Å². The Kier molecular flexibility index (Phi) is 7.57. The first-order valence-corrected chi connectivity index (χ1v) is 14.6. The van der Waals surface area contributed by atoms with Crippen molar-refractivity contribution in [3.05, 3.63) is 83.4 Å². The number of carbonyl (C=O) groups is 2. The van der Waals surface area contributed by atoms with Crippen LogP contribution in [0.25, 0.3) is 0 Å². The normalized spacial score (nSPS) is 20.1. The van der Waals surface area contributed by atoms with Crippen molar-refractivity contribution in [2.45, 2.75) is 29.5 Å². The standard InChI is InChI=1S/C30H30N4O7S/c1-32(2)29(36)41-27-10-7-17-33(27)30(23-8-5-6-9-26(23)40-4)24-18-20(19-31)11-16-25(24)34(28(30)35)42(37,38)22-14-12-21(39-3)13-15-22/h5-6,8-9,11-16,18,27H,7,10,17H2,1-4H3/t27-,30?/m0/s1. The van der Waals surface area contributed by atoms with Crippen LogP contribution in [0.1, 0.15) is 29.5 Å². The molecule has 0 spiro atoms. The molecule has 0 saturated carbocycles. The van der Waals surface area contributed by atoms with Gasteiger partial charge in [0.25, 0.3) is 15.9 Å². The Morgan fingerprint density at radius 2 is 1.74 bits per heavy atom. The highest BCUT2D eigenvalue weighted by Crippen LogP contribution is 2.54. The van der Waals surface area contributed by atoms with Gasteiger partial charge in [0, 0.05) is 31.8 Å². The Morgan fingerprint density at radius 1 is 1.02 bits per heavy atom. The number of rotatable bonds is 7. The molecule has 42 heavy (non-hydrogen) atoms.